The average Bonchev–Trinajstić information content (AvgIpc) is 2.71. The normalized spacial score (nSPS) is 23.9. The molecule has 6 heteroatoms. The fourth-order valence-corrected chi connectivity index (χ4v) is 2.47. The molecule has 0 amide bonds. The molecule has 1 aromatic rings. The van der Waals surface area contributed by atoms with Gasteiger partial charge in [-0.25, -0.2) is 9.97 Å². The number of aromatic nitrogens is 2. The molecule has 2 rings (SSSR count). The summed E-state index contributed by atoms with van der Waals surface area (Å²) < 4.78 is 5.52. The fraction of sp³-hybridized carbons (Fsp3) is 0.636. The van der Waals surface area contributed by atoms with Crippen molar-refractivity contribution in [2.75, 3.05) is 24.7 Å². The lowest BCUT2D eigenvalue weighted by Gasteiger charge is -2.15. The van der Waals surface area contributed by atoms with Crippen molar-refractivity contribution in [2.45, 2.75) is 24.6 Å². The SMILES string of the molecule is CSc1nc(Cl)cc(NCC2CCOC2C)n1. The van der Waals surface area contributed by atoms with Gasteiger partial charge in [-0.15, -0.1) is 0 Å². The Balaban J connectivity index is 1.96. The number of hydrogen-bond donors (Lipinski definition) is 1. The van der Waals surface area contributed by atoms with Crippen molar-refractivity contribution in [1.29, 1.82) is 0 Å². The van der Waals surface area contributed by atoms with Gasteiger partial charge in [-0.3, -0.25) is 0 Å². The molecule has 1 aliphatic heterocycles. The molecule has 0 bridgehead atoms. The van der Waals surface area contributed by atoms with E-state index < -0.39 is 0 Å². The van der Waals surface area contributed by atoms with E-state index in [1.807, 2.05) is 6.26 Å². The van der Waals surface area contributed by atoms with Gasteiger partial charge in [-0.05, 0) is 19.6 Å². The number of halogens is 1. The molecule has 1 aromatic heterocycles. The van der Waals surface area contributed by atoms with Crippen LogP contribution in [0, 0.1) is 5.92 Å². The van der Waals surface area contributed by atoms with Gasteiger partial charge in [0.05, 0.1) is 6.10 Å². The first-order valence-electron chi connectivity index (χ1n) is 5.63. The van der Waals surface area contributed by atoms with E-state index in [1.54, 1.807) is 6.07 Å². The molecule has 1 fully saturated rings. The topological polar surface area (TPSA) is 47.0 Å². The summed E-state index contributed by atoms with van der Waals surface area (Å²) in [6, 6.07) is 1.75. The second kappa shape index (κ2) is 5.89. The van der Waals surface area contributed by atoms with E-state index in [0.29, 0.717) is 22.3 Å². The Morgan fingerprint density at radius 3 is 3.06 bits per heavy atom. The van der Waals surface area contributed by atoms with Crippen molar-refractivity contribution in [2.24, 2.45) is 5.92 Å². The lowest BCUT2D eigenvalue weighted by Crippen LogP contribution is -2.21. The first kappa shape index (κ1) is 12.9. The second-order valence-electron chi connectivity index (χ2n) is 4.07. The van der Waals surface area contributed by atoms with Crippen LogP contribution in [0.1, 0.15) is 13.3 Å². The van der Waals surface area contributed by atoms with Crippen LogP contribution in [-0.2, 0) is 4.74 Å². The Kier molecular flexibility index (Phi) is 4.48. The number of rotatable bonds is 4. The maximum atomic E-state index is 5.92. The van der Waals surface area contributed by atoms with Gasteiger partial charge in [0.25, 0.3) is 0 Å². The molecule has 2 unspecified atom stereocenters. The van der Waals surface area contributed by atoms with E-state index in [9.17, 15) is 0 Å². The number of anilines is 1. The van der Waals surface area contributed by atoms with Crippen molar-refractivity contribution in [3.8, 4) is 0 Å². The summed E-state index contributed by atoms with van der Waals surface area (Å²) in [5.74, 6) is 1.33. The first-order chi connectivity index (χ1) is 8.19. The minimum Gasteiger partial charge on any atom is -0.378 e. The first-order valence-corrected chi connectivity index (χ1v) is 7.23. The van der Waals surface area contributed by atoms with Gasteiger partial charge in [0, 0.05) is 25.1 Å². The highest BCUT2D eigenvalue weighted by Gasteiger charge is 2.23. The third-order valence-electron chi connectivity index (χ3n) is 2.94. The van der Waals surface area contributed by atoms with Crippen LogP contribution in [0.25, 0.3) is 0 Å². The number of hydrogen-bond acceptors (Lipinski definition) is 5. The smallest absolute Gasteiger partial charge is 0.190 e. The number of nitrogens with one attached hydrogen (secondary N) is 1. The van der Waals surface area contributed by atoms with Gasteiger partial charge in [0.15, 0.2) is 5.16 Å². The molecule has 0 aliphatic carbocycles. The molecule has 1 N–H and O–H groups in total. The van der Waals surface area contributed by atoms with E-state index in [1.165, 1.54) is 11.8 Å². The quantitative estimate of drug-likeness (QED) is 0.519. The fourth-order valence-electron chi connectivity index (χ4n) is 1.86. The summed E-state index contributed by atoms with van der Waals surface area (Å²) in [6.07, 6.45) is 3.35. The van der Waals surface area contributed by atoms with E-state index in [4.69, 9.17) is 16.3 Å². The Bertz CT molecular complexity index is 391. The molecule has 4 nitrogen and oxygen atoms in total. The van der Waals surface area contributed by atoms with Crippen LogP contribution in [0.5, 0.6) is 0 Å². The Labute approximate surface area is 111 Å². The summed E-state index contributed by atoms with van der Waals surface area (Å²) in [5, 5.41) is 4.47. The Morgan fingerprint density at radius 2 is 2.41 bits per heavy atom. The van der Waals surface area contributed by atoms with Crippen molar-refractivity contribution < 1.29 is 4.74 Å². The van der Waals surface area contributed by atoms with Crippen LogP contribution in [-0.4, -0.2) is 35.5 Å². The van der Waals surface area contributed by atoms with Gasteiger partial charge in [-0.1, -0.05) is 23.4 Å². The Hall–Kier alpha value is -0.520. The van der Waals surface area contributed by atoms with Gasteiger partial charge in [-0.2, -0.15) is 0 Å². The molecule has 1 aliphatic rings. The highest BCUT2D eigenvalue weighted by atomic mass is 35.5. The van der Waals surface area contributed by atoms with Crippen LogP contribution in [0.4, 0.5) is 5.82 Å². The van der Waals surface area contributed by atoms with Crippen LogP contribution in [0.2, 0.25) is 5.15 Å². The predicted octanol–water partition coefficient (Wildman–Crippen LogP) is 2.69. The standard InChI is InChI=1S/C11H16ClN3OS/c1-7-8(3-4-16-7)6-13-10-5-9(12)14-11(15-10)17-2/h5,7-8H,3-4,6H2,1-2H3,(H,13,14,15). The zero-order valence-corrected chi connectivity index (χ0v) is 11.5. The van der Waals surface area contributed by atoms with Crippen LogP contribution >= 0.6 is 23.4 Å². The third-order valence-corrected chi connectivity index (χ3v) is 3.68. The molecule has 0 spiro atoms. The van der Waals surface area contributed by atoms with Crippen molar-refractivity contribution in [3.63, 3.8) is 0 Å². The summed E-state index contributed by atoms with van der Waals surface area (Å²) >= 11 is 7.41. The van der Waals surface area contributed by atoms with E-state index in [0.717, 1.165) is 25.4 Å². The summed E-state index contributed by atoms with van der Waals surface area (Å²) in [4.78, 5) is 8.45. The van der Waals surface area contributed by atoms with Crippen LogP contribution in [0.3, 0.4) is 0 Å². The lowest BCUT2D eigenvalue weighted by atomic mass is 10.0. The van der Waals surface area contributed by atoms with E-state index >= 15 is 0 Å². The number of nitrogens with zero attached hydrogens (tertiary/aromatic N) is 2. The molecule has 2 atom stereocenters. The van der Waals surface area contributed by atoms with Crippen LogP contribution < -0.4 is 5.32 Å². The number of thioether (sulfide) groups is 1. The minimum atomic E-state index is 0.319. The highest BCUT2D eigenvalue weighted by Crippen LogP contribution is 2.22. The zero-order valence-electron chi connectivity index (χ0n) is 9.94. The zero-order chi connectivity index (χ0) is 12.3. The summed E-state index contributed by atoms with van der Waals surface area (Å²) in [6.45, 7) is 3.83. The van der Waals surface area contributed by atoms with Crippen LogP contribution in [0.15, 0.2) is 11.2 Å². The molecule has 0 saturated carbocycles. The second-order valence-corrected chi connectivity index (χ2v) is 5.23. The Morgan fingerprint density at radius 1 is 1.59 bits per heavy atom. The highest BCUT2D eigenvalue weighted by molar-refractivity contribution is 7.98. The van der Waals surface area contributed by atoms with E-state index in [-0.39, 0.29) is 0 Å². The molecule has 2 heterocycles. The third kappa shape index (κ3) is 3.47. The van der Waals surface area contributed by atoms with Crippen molar-refractivity contribution >= 4 is 29.2 Å². The molecular weight excluding hydrogens is 258 g/mol. The minimum absolute atomic E-state index is 0.319. The van der Waals surface area contributed by atoms with Gasteiger partial charge in [0.2, 0.25) is 0 Å². The predicted molar refractivity (Wildman–Crippen MR) is 70.8 cm³/mol. The maximum Gasteiger partial charge on any atom is 0.190 e. The maximum absolute atomic E-state index is 5.92. The van der Waals surface area contributed by atoms with Gasteiger partial charge < -0.3 is 10.1 Å². The molecule has 0 aromatic carbocycles. The average molecular weight is 274 g/mol. The van der Waals surface area contributed by atoms with Gasteiger partial charge in [0.1, 0.15) is 11.0 Å². The molecule has 0 radical (unpaired) electrons. The van der Waals surface area contributed by atoms with Gasteiger partial charge >= 0.3 is 0 Å². The summed E-state index contributed by atoms with van der Waals surface area (Å²) in [7, 11) is 0. The molecule has 17 heavy (non-hydrogen) atoms. The van der Waals surface area contributed by atoms with E-state index in [2.05, 4.69) is 22.2 Å². The van der Waals surface area contributed by atoms with Crippen molar-refractivity contribution in [3.05, 3.63) is 11.2 Å². The molecular formula is C11H16ClN3OS. The monoisotopic (exact) mass is 273 g/mol. The van der Waals surface area contributed by atoms with Crippen molar-refractivity contribution in [1.82, 2.24) is 9.97 Å². The largest absolute Gasteiger partial charge is 0.378 e. The molecule has 94 valence electrons. The lowest BCUT2D eigenvalue weighted by molar-refractivity contribution is 0.108. The number of ether oxygens (including phenoxy) is 1. The molecule has 1 saturated heterocycles. The summed E-state index contributed by atoms with van der Waals surface area (Å²) in [5.41, 5.74) is 0.